The Morgan fingerprint density at radius 1 is 1.62 bits per heavy atom. The number of aliphatic carboxylic acids is 1. The van der Waals surface area contributed by atoms with Gasteiger partial charge in [-0.05, 0) is 32.3 Å². The zero-order valence-electron chi connectivity index (χ0n) is 9.20. The number of fused-ring (bicyclic) bond motifs is 1. The van der Waals surface area contributed by atoms with E-state index in [0.717, 1.165) is 5.56 Å². The number of carboxylic acid groups (broad SMARTS) is 1. The van der Waals surface area contributed by atoms with Crippen molar-refractivity contribution in [3.8, 4) is 0 Å². The summed E-state index contributed by atoms with van der Waals surface area (Å²) in [6.45, 7) is 3.92. The molecule has 2 rings (SSSR count). The van der Waals surface area contributed by atoms with E-state index in [1.54, 1.807) is 10.8 Å². The van der Waals surface area contributed by atoms with Crippen LogP contribution >= 0.6 is 11.6 Å². The minimum Gasteiger partial charge on any atom is -0.479 e. The molecule has 1 aliphatic rings. The number of aliphatic hydroxyl groups is 1. The molecule has 2 N–H and O–H groups in total. The molecule has 1 aromatic heterocycles. The highest BCUT2D eigenvalue weighted by atomic mass is 35.5. The van der Waals surface area contributed by atoms with Crippen LogP contribution in [-0.4, -0.2) is 20.7 Å². The van der Waals surface area contributed by atoms with Crippen molar-refractivity contribution in [2.45, 2.75) is 38.3 Å². The molecule has 0 saturated carbocycles. The van der Waals surface area contributed by atoms with Gasteiger partial charge in [0, 0.05) is 17.8 Å². The predicted octanol–water partition coefficient (Wildman–Crippen LogP) is 1.94. The summed E-state index contributed by atoms with van der Waals surface area (Å²) >= 11 is 6.16. The first kappa shape index (κ1) is 11.5. The van der Waals surface area contributed by atoms with E-state index >= 15 is 0 Å². The SMILES string of the molecule is CC(C)n1cc2c(c1Cl)CCC2(O)C(=O)O. The lowest BCUT2D eigenvalue weighted by atomic mass is 9.99. The van der Waals surface area contributed by atoms with Crippen LogP contribution in [0.2, 0.25) is 5.15 Å². The molecular weight excluding hydrogens is 230 g/mol. The summed E-state index contributed by atoms with van der Waals surface area (Å²) in [6.07, 6.45) is 2.37. The summed E-state index contributed by atoms with van der Waals surface area (Å²) < 4.78 is 1.79. The van der Waals surface area contributed by atoms with Crippen molar-refractivity contribution < 1.29 is 15.0 Å². The second-order valence-electron chi connectivity index (χ2n) is 4.48. The van der Waals surface area contributed by atoms with Crippen LogP contribution in [0.5, 0.6) is 0 Å². The summed E-state index contributed by atoms with van der Waals surface area (Å²) in [7, 11) is 0. The maximum Gasteiger partial charge on any atom is 0.340 e. The standard InChI is InChI=1S/C11H14ClNO3/c1-6(2)13-5-8-7(9(13)12)3-4-11(8,16)10(14)15/h5-6,16H,3-4H2,1-2H3,(H,14,15). The average molecular weight is 244 g/mol. The van der Waals surface area contributed by atoms with Crippen molar-refractivity contribution in [1.82, 2.24) is 4.57 Å². The van der Waals surface area contributed by atoms with Crippen LogP contribution in [0.1, 0.15) is 37.4 Å². The Hall–Kier alpha value is -1.00. The van der Waals surface area contributed by atoms with Gasteiger partial charge in [-0.3, -0.25) is 0 Å². The lowest BCUT2D eigenvalue weighted by molar-refractivity contribution is -0.159. The average Bonchev–Trinajstić information content (AvgIpc) is 2.68. The third kappa shape index (κ3) is 1.37. The van der Waals surface area contributed by atoms with Gasteiger partial charge in [-0.1, -0.05) is 11.6 Å². The molecule has 0 fully saturated rings. The molecule has 1 unspecified atom stereocenters. The lowest BCUT2D eigenvalue weighted by Crippen LogP contribution is -2.32. The molecule has 4 nitrogen and oxygen atoms in total. The van der Waals surface area contributed by atoms with Crippen LogP contribution < -0.4 is 0 Å². The van der Waals surface area contributed by atoms with Gasteiger partial charge >= 0.3 is 5.97 Å². The zero-order valence-corrected chi connectivity index (χ0v) is 9.95. The summed E-state index contributed by atoms with van der Waals surface area (Å²) in [4.78, 5) is 11.1. The minimum atomic E-state index is -1.76. The van der Waals surface area contributed by atoms with E-state index in [0.29, 0.717) is 17.1 Å². The number of halogens is 1. The molecule has 88 valence electrons. The molecule has 1 aromatic rings. The molecule has 0 saturated heterocycles. The van der Waals surface area contributed by atoms with Crippen molar-refractivity contribution in [3.05, 3.63) is 22.5 Å². The van der Waals surface area contributed by atoms with Gasteiger partial charge in [-0.2, -0.15) is 0 Å². The Morgan fingerprint density at radius 3 is 2.75 bits per heavy atom. The van der Waals surface area contributed by atoms with Crippen molar-refractivity contribution in [1.29, 1.82) is 0 Å². The Morgan fingerprint density at radius 2 is 2.25 bits per heavy atom. The largest absolute Gasteiger partial charge is 0.479 e. The number of carboxylic acids is 1. The number of aromatic nitrogens is 1. The maximum absolute atomic E-state index is 11.1. The second kappa shape index (κ2) is 3.50. The normalized spacial score (nSPS) is 23.8. The minimum absolute atomic E-state index is 0.149. The van der Waals surface area contributed by atoms with Gasteiger partial charge in [0.2, 0.25) is 0 Å². The number of rotatable bonds is 2. The van der Waals surface area contributed by atoms with Crippen molar-refractivity contribution >= 4 is 17.6 Å². The molecule has 0 aromatic carbocycles. The van der Waals surface area contributed by atoms with Gasteiger partial charge < -0.3 is 14.8 Å². The van der Waals surface area contributed by atoms with E-state index in [1.807, 2.05) is 13.8 Å². The van der Waals surface area contributed by atoms with E-state index in [9.17, 15) is 9.90 Å². The molecule has 1 aliphatic carbocycles. The summed E-state index contributed by atoms with van der Waals surface area (Å²) in [5.41, 5.74) is -0.557. The summed E-state index contributed by atoms with van der Waals surface area (Å²) in [5, 5.41) is 19.7. The highest BCUT2D eigenvalue weighted by molar-refractivity contribution is 6.30. The maximum atomic E-state index is 11.1. The first-order valence-corrected chi connectivity index (χ1v) is 5.61. The Labute approximate surface area is 98.5 Å². The van der Waals surface area contributed by atoms with E-state index in [1.165, 1.54) is 0 Å². The molecule has 1 atom stereocenters. The van der Waals surface area contributed by atoms with Gasteiger partial charge in [-0.25, -0.2) is 4.79 Å². The Balaban J connectivity index is 2.57. The number of carbonyl (C=O) groups is 1. The molecule has 1 heterocycles. The van der Waals surface area contributed by atoms with Gasteiger partial charge in [0.15, 0.2) is 5.60 Å². The van der Waals surface area contributed by atoms with Crippen LogP contribution in [0, 0.1) is 0 Å². The predicted molar refractivity (Wildman–Crippen MR) is 59.7 cm³/mol. The molecule has 0 radical (unpaired) electrons. The molecule has 0 aliphatic heterocycles. The van der Waals surface area contributed by atoms with E-state index in [2.05, 4.69) is 0 Å². The highest BCUT2D eigenvalue weighted by Crippen LogP contribution is 2.42. The zero-order chi connectivity index (χ0) is 12.1. The topological polar surface area (TPSA) is 62.5 Å². The molecule has 5 heteroatoms. The van der Waals surface area contributed by atoms with Gasteiger partial charge in [0.05, 0.1) is 0 Å². The Bertz CT molecular complexity index is 452. The van der Waals surface area contributed by atoms with Crippen molar-refractivity contribution in [2.24, 2.45) is 0 Å². The third-order valence-corrected chi connectivity index (χ3v) is 3.58. The quantitative estimate of drug-likeness (QED) is 0.835. The molecule has 0 amide bonds. The Kier molecular flexibility index (Phi) is 2.51. The van der Waals surface area contributed by atoms with E-state index in [-0.39, 0.29) is 12.5 Å². The number of hydrogen-bond acceptors (Lipinski definition) is 2. The van der Waals surface area contributed by atoms with E-state index in [4.69, 9.17) is 16.7 Å². The third-order valence-electron chi connectivity index (χ3n) is 3.16. The number of hydrogen-bond donors (Lipinski definition) is 2. The van der Waals surface area contributed by atoms with Crippen LogP contribution in [0.4, 0.5) is 0 Å². The van der Waals surface area contributed by atoms with Gasteiger partial charge in [0.1, 0.15) is 5.15 Å². The molecule has 0 bridgehead atoms. The van der Waals surface area contributed by atoms with E-state index < -0.39 is 11.6 Å². The molecule has 16 heavy (non-hydrogen) atoms. The smallest absolute Gasteiger partial charge is 0.340 e. The van der Waals surface area contributed by atoms with Crippen molar-refractivity contribution in [3.63, 3.8) is 0 Å². The van der Waals surface area contributed by atoms with Crippen LogP contribution in [-0.2, 0) is 16.8 Å². The van der Waals surface area contributed by atoms with Gasteiger partial charge in [0.25, 0.3) is 0 Å². The van der Waals surface area contributed by atoms with Crippen molar-refractivity contribution in [2.75, 3.05) is 0 Å². The van der Waals surface area contributed by atoms with Gasteiger partial charge in [-0.15, -0.1) is 0 Å². The van der Waals surface area contributed by atoms with Crippen LogP contribution in [0.25, 0.3) is 0 Å². The first-order valence-electron chi connectivity index (χ1n) is 5.23. The fourth-order valence-corrected chi connectivity index (χ4v) is 2.61. The fraction of sp³-hybridized carbons (Fsp3) is 0.545. The molecular formula is C11H14ClNO3. The monoisotopic (exact) mass is 243 g/mol. The van der Waals surface area contributed by atoms with Crippen LogP contribution in [0.3, 0.4) is 0 Å². The fourth-order valence-electron chi connectivity index (χ4n) is 2.17. The second-order valence-corrected chi connectivity index (χ2v) is 4.84. The molecule has 0 spiro atoms. The first-order chi connectivity index (χ1) is 7.38. The lowest BCUT2D eigenvalue weighted by Gasteiger charge is -2.17. The highest BCUT2D eigenvalue weighted by Gasteiger charge is 2.46. The number of nitrogens with zero attached hydrogens (tertiary/aromatic N) is 1. The summed E-state index contributed by atoms with van der Waals surface area (Å²) in [6, 6.07) is 0.149. The summed E-state index contributed by atoms with van der Waals surface area (Å²) in [5.74, 6) is -1.20. The van der Waals surface area contributed by atoms with Crippen LogP contribution in [0.15, 0.2) is 6.20 Å².